The van der Waals surface area contributed by atoms with Crippen molar-refractivity contribution in [2.24, 2.45) is 0 Å². The number of aromatic nitrogens is 4. The van der Waals surface area contributed by atoms with Crippen molar-refractivity contribution in [1.82, 2.24) is 24.8 Å². The molecular formula is C20H23N5. The van der Waals surface area contributed by atoms with Crippen LogP contribution in [0.2, 0.25) is 0 Å². The van der Waals surface area contributed by atoms with Crippen molar-refractivity contribution < 1.29 is 0 Å². The standard InChI is InChI=1S/C20H23N5/c1-3-14(2)25(12-19-21-15-8-4-5-9-16(15)22-19)13-20-23-17-10-6-7-11-18(17)24-20/h4-11,14H,3,12-13H2,1-2H3,(H,21,22)(H,23,24). The Bertz CT molecular complexity index is 842. The molecule has 2 N–H and O–H groups in total. The Kier molecular flexibility index (Phi) is 4.24. The van der Waals surface area contributed by atoms with E-state index in [1.165, 1.54) is 0 Å². The van der Waals surface area contributed by atoms with Crippen LogP contribution < -0.4 is 0 Å². The highest BCUT2D eigenvalue weighted by atomic mass is 15.2. The quantitative estimate of drug-likeness (QED) is 0.555. The summed E-state index contributed by atoms with van der Waals surface area (Å²) in [6.45, 7) is 6.03. The van der Waals surface area contributed by atoms with E-state index in [1.54, 1.807) is 0 Å². The molecule has 1 unspecified atom stereocenters. The second-order valence-corrected chi connectivity index (χ2v) is 6.56. The molecule has 0 saturated carbocycles. The van der Waals surface area contributed by atoms with Crippen LogP contribution in [0.1, 0.15) is 31.9 Å². The molecule has 2 aromatic heterocycles. The molecule has 2 aromatic carbocycles. The maximum atomic E-state index is 4.73. The van der Waals surface area contributed by atoms with Gasteiger partial charge in [-0.05, 0) is 37.6 Å². The van der Waals surface area contributed by atoms with Gasteiger partial charge < -0.3 is 9.97 Å². The highest BCUT2D eigenvalue weighted by Gasteiger charge is 2.17. The van der Waals surface area contributed by atoms with E-state index in [2.05, 4.69) is 40.8 Å². The molecule has 0 spiro atoms. The summed E-state index contributed by atoms with van der Waals surface area (Å²) in [7, 11) is 0. The molecule has 2 heterocycles. The van der Waals surface area contributed by atoms with E-state index in [4.69, 9.17) is 9.97 Å². The van der Waals surface area contributed by atoms with Crippen molar-refractivity contribution in [3.63, 3.8) is 0 Å². The first kappa shape index (κ1) is 15.8. The highest BCUT2D eigenvalue weighted by molar-refractivity contribution is 5.75. The summed E-state index contributed by atoms with van der Waals surface area (Å²) in [5, 5.41) is 0. The van der Waals surface area contributed by atoms with E-state index in [1.807, 2.05) is 36.4 Å². The Balaban J connectivity index is 1.58. The zero-order valence-corrected chi connectivity index (χ0v) is 14.7. The molecule has 5 nitrogen and oxygen atoms in total. The minimum atomic E-state index is 0.446. The fourth-order valence-electron chi connectivity index (χ4n) is 3.17. The van der Waals surface area contributed by atoms with E-state index >= 15 is 0 Å². The number of imidazole rings is 2. The van der Waals surface area contributed by atoms with Crippen LogP contribution in [0.15, 0.2) is 48.5 Å². The zero-order chi connectivity index (χ0) is 17.2. The lowest BCUT2D eigenvalue weighted by Crippen LogP contribution is -2.32. The lowest BCUT2D eigenvalue weighted by atomic mass is 10.2. The second kappa shape index (κ2) is 6.69. The Labute approximate surface area is 147 Å². The van der Waals surface area contributed by atoms with E-state index in [9.17, 15) is 0 Å². The number of hydrogen-bond donors (Lipinski definition) is 2. The van der Waals surface area contributed by atoms with Crippen LogP contribution in [0.3, 0.4) is 0 Å². The van der Waals surface area contributed by atoms with Crippen molar-refractivity contribution in [2.45, 2.75) is 39.4 Å². The second-order valence-electron chi connectivity index (χ2n) is 6.56. The number of rotatable bonds is 6. The van der Waals surface area contributed by atoms with E-state index in [0.717, 1.165) is 53.2 Å². The predicted octanol–water partition coefficient (Wildman–Crippen LogP) is 4.24. The molecule has 0 saturated heterocycles. The number of para-hydroxylation sites is 4. The van der Waals surface area contributed by atoms with Crippen LogP contribution in [0.4, 0.5) is 0 Å². The molecule has 4 aromatic rings. The molecule has 25 heavy (non-hydrogen) atoms. The molecule has 4 rings (SSSR count). The Hall–Kier alpha value is -2.66. The monoisotopic (exact) mass is 333 g/mol. The van der Waals surface area contributed by atoms with Gasteiger partial charge in [-0.3, -0.25) is 4.90 Å². The molecule has 1 atom stereocenters. The topological polar surface area (TPSA) is 60.6 Å². The molecule has 0 radical (unpaired) electrons. The SMILES string of the molecule is CCC(C)N(Cc1nc2ccccc2[nH]1)Cc1nc2ccccc2[nH]1. The minimum absolute atomic E-state index is 0.446. The summed E-state index contributed by atoms with van der Waals surface area (Å²) in [5.74, 6) is 2.00. The molecule has 5 heteroatoms. The maximum absolute atomic E-state index is 4.73. The van der Waals surface area contributed by atoms with Crippen molar-refractivity contribution in [2.75, 3.05) is 0 Å². The maximum Gasteiger partial charge on any atom is 0.121 e. The van der Waals surface area contributed by atoms with E-state index < -0.39 is 0 Å². The third kappa shape index (κ3) is 3.28. The van der Waals surface area contributed by atoms with Crippen LogP contribution in [-0.2, 0) is 13.1 Å². The fraction of sp³-hybridized carbons (Fsp3) is 0.300. The van der Waals surface area contributed by atoms with E-state index in [0.29, 0.717) is 6.04 Å². The first-order valence-electron chi connectivity index (χ1n) is 8.84. The number of H-pyrrole nitrogens is 2. The molecular weight excluding hydrogens is 310 g/mol. The zero-order valence-electron chi connectivity index (χ0n) is 14.7. The predicted molar refractivity (Wildman–Crippen MR) is 101 cm³/mol. The van der Waals surface area contributed by atoms with Crippen LogP contribution in [-0.4, -0.2) is 30.9 Å². The summed E-state index contributed by atoms with van der Waals surface area (Å²) >= 11 is 0. The first-order valence-corrected chi connectivity index (χ1v) is 8.84. The summed E-state index contributed by atoms with van der Waals surface area (Å²) in [5.41, 5.74) is 4.21. The molecule has 0 aliphatic heterocycles. The molecule has 0 fully saturated rings. The smallest absolute Gasteiger partial charge is 0.121 e. The van der Waals surface area contributed by atoms with Crippen LogP contribution in [0, 0.1) is 0 Å². The van der Waals surface area contributed by atoms with Gasteiger partial charge in [-0.2, -0.15) is 0 Å². The van der Waals surface area contributed by atoms with Crippen molar-refractivity contribution in [1.29, 1.82) is 0 Å². The Morgan fingerprint density at radius 2 is 1.32 bits per heavy atom. The largest absolute Gasteiger partial charge is 0.341 e. The Morgan fingerprint density at radius 1 is 0.840 bits per heavy atom. The highest BCUT2D eigenvalue weighted by Crippen LogP contribution is 2.17. The number of nitrogens with zero attached hydrogens (tertiary/aromatic N) is 3. The summed E-state index contributed by atoms with van der Waals surface area (Å²) in [6.07, 6.45) is 1.08. The van der Waals surface area contributed by atoms with Crippen molar-refractivity contribution >= 4 is 22.1 Å². The van der Waals surface area contributed by atoms with Gasteiger partial charge >= 0.3 is 0 Å². The fourth-order valence-corrected chi connectivity index (χ4v) is 3.17. The third-order valence-corrected chi connectivity index (χ3v) is 4.80. The normalized spacial score (nSPS) is 13.1. The van der Waals surface area contributed by atoms with Gasteiger partial charge in [0.05, 0.1) is 35.2 Å². The minimum Gasteiger partial charge on any atom is -0.341 e. The summed E-state index contributed by atoms with van der Waals surface area (Å²) in [4.78, 5) is 18.7. The van der Waals surface area contributed by atoms with Gasteiger partial charge in [-0.15, -0.1) is 0 Å². The average Bonchev–Trinajstić information content (AvgIpc) is 3.22. The van der Waals surface area contributed by atoms with Gasteiger partial charge in [-0.25, -0.2) is 9.97 Å². The van der Waals surface area contributed by atoms with Gasteiger partial charge in [0.15, 0.2) is 0 Å². The van der Waals surface area contributed by atoms with Gasteiger partial charge in [0, 0.05) is 6.04 Å². The van der Waals surface area contributed by atoms with Gasteiger partial charge in [0.1, 0.15) is 11.6 Å². The number of hydrogen-bond acceptors (Lipinski definition) is 3. The van der Waals surface area contributed by atoms with Crippen LogP contribution in [0.5, 0.6) is 0 Å². The van der Waals surface area contributed by atoms with Crippen LogP contribution >= 0.6 is 0 Å². The number of aromatic amines is 2. The number of nitrogens with one attached hydrogen (secondary N) is 2. The lowest BCUT2D eigenvalue weighted by Gasteiger charge is -2.26. The van der Waals surface area contributed by atoms with Crippen molar-refractivity contribution in [3.8, 4) is 0 Å². The average molecular weight is 333 g/mol. The molecule has 0 aliphatic carbocycles. The van der Waals surface area contributed by atoms with Gasteiger partial charge in [0.25, 0.3) is 0 Å². The Morgan fingerprint density at radius 3 is 1.76 bits per heavy atom. The lowest BCUT2D eigenvalue weighted by molar-refractivity contribution is 0.178. The molecule has 128 valence electrons. The molecule has 0 bridgehead atoms. The summed E-state index contributed by atoms with van der Waals surface area (Å²) in [6, 6.07) is 16.8. The number of benzene rings is 2. The van der Waals surface area contributed by atoms with Gasteiger partial charge in [-0.1, -0.05) is 31.2 Å². The van der Waals surface area contributed by atoms with Crippen molar-refractivity contribution in [3.05, 3.63) is 60.2 Å². The molecule has 0 amide bonds. The first-order chi connectivity index (χ1) is 12.2. The van der Waals surface area contributed by atoms with Crippen LogP contribution in [0.25, 0.3) is 22.1 Å². The van der Waals surface area contributed by atoms with E-state index in [-0.39, 0.29) is 0 Å². The third-order valence-electron chi connectivity index (χ3n) is 4.80. The number of fused-ring (bicyclic) bond motifs is 2. The summed E-state index contributed by atoms with van der Waals surface area (Å²) < 4.78 is 0. The molecule has 0 aliphatic rings. The van der Waals surface area contributed by atoms with Gasteiger partial charge in [0.2, 0.25) is 0 Å².